The number of benzene rings is 3. The number of hydrogen-bond acceptors (Lipinski definition) is 4. The molecule has 4 rings (SSSR count). The van der Waals surface area contributed by atoms with Crippen molar-refractivity contribution in [3.05, 3.63) is 77.9 Å². The molecule has 1 aliphatic rings. The molecule has 0 radical (unpaired) electrons. The molecule has 0 bridgehead atoms. The second-order valence-electron chi connectivity index (χ2n) is 6.53. The summed E-state index contributed by atoms with van der Waals surface area (Å²) in [6, 6.07) is 19.4. The molecule has 0 saturated carbocycles. The molecule has 0 spiro atoms. The highest BCUT2D eigenvalue weighted by atomic mass is 16.5. The van der Waals surface area contributed by atoms with Crippen LogP contribution in [0.5, 0.6) is 17.2 Å². The molecule has 1 aliphatic heterocycles. The molecule has 1 N–H and O–H groups in total. The van der Waals surface area contributed by atoms with Gasteiger partial charge in [-0.2, -0.15) is 0 Å². The number of anilines is 2. The molecule has 0 atom stereocenters. The van der Waals surface area contributed by atoms with Crippen molar-refractivity contribution in [1.29, 1.82) is 0 Å². The van der Waals surface area contributed by atoms with E-state index in [1.807, 2.05) is 37.3 Å². The number of nitrogens with one attached hydrogen (secondary N) is 1. The second kappa shape index (κ2) is 7.67. The van der Waals surface area contributed by atoms with Gasteiger partial charge in [0.25, 0.3) is 11.8 Å². The fourth-order valence-corrected chi connectivity index (χ4v) is 3.23. The Labute approximate surface area is 168 Å². The molecule has 0 fully saturated rings. The molecule has 3 aromatic rings. The van der Waals surface area contributed by atoms with E-state index in [1.54, 1.807) is 43.4 Å². The molecule has 6 heteroatoms. The highest BCUT2D eigenvalue weighted by molar-refractivity contribution is 6.11. The summed E-state index contributed by atoms with van der Waals surface area (Å²) in [5.74, 6) is 1.03. The van der Waals surface area contributed by atoms with Crippen LogP contribution in [0.4, 0.5) is 11.4 Å². The van der Waals surface area contributed by atoms with Gasteiger partial charge in [-0.05, 0) is 49.4 Å². The summed E-state index contributed by atoms with van der Waals surface area (Å²) in [7, 11) is 1.70. The largest absolute Gasteiger partial charge is 0.493 e. The Hall–Kier alpha value is -3.80. The number of carbonyl (C=O) groups is 2. The van der Waals surface area contributed by atoms with Gasteiger partial charge in [0.2, 0.25) is 0 Å². The van der Waals surface area contributed by atoms with E-state index in [4.69, 9.17) is 9.47 Å². The lowest BCUT2D eigenvalue weighted by atomic mass is 10.1. The summed E-state index contributed by atoms with van der Waals surface area (Å²) < 4.78 is 11.5. The zero-order valence-corrected chi connectivity index (χ0v) is 16.1. The summed E-state index contributed by atoms with van der Waals surface area (Å²) in [5.41, 5.74) is 1.98. The van der Waals surface area contributed by atoms with Crippen molar-refractivity contribution in [2.24, 2.45) is 0 Å². The van der Waals surface area contributed by atoms with E-state index in [-0.39, 0.29) is 11.8 Å². The van der Waals surface area contributed by atoms with Crippen LogP contribution in [0.15, 0.2) is 66.7 Å². The van der Waals surface area contributed by atoms with E-state index in [1.165, 1.54) is 4.90 Å². The minimum atomic E-state index is -0.312. The summed E-state index contributed by atoms with van der Waals surface area (Å²) in [5, 5.41) is 2.84. The van der Waals surface area contributed by atoms with E-state index in [0.29, 0.717) is 46.4 Å². The van der Waals surface area contributed by atoms with Gasteiger partial charge in [0.15, 0.2) is 5.75 Å². The van der Waals surface area contributed by atoms with Crippen molar-refractivity contribution in [3.63, 3.8) is 0 Å². The van der Waals surface area contributed by atoms with Crippen molar-refractivity contribution < 1.29 is 19.1 Å². The molecule has 0 unspecified atom stereocenters. The first-order valence-corrected chi connectivity index (χ1v) is 9.30. The van der Waals surface area contributed by atoms with Crippen LogP contribution in [0.2, 0.25) is 0 Å². The zero-order valence-electron chi connectivity index (χ0n) is 16.1. The molecular weight excluding hydrogens is 368 g/mol. The molecule has 0 aliphatic carbocycles. The summed E-state index contributed by atoms with van der Waals surface area (Å²) in [6.45, 7) is 2.32. The van der Waals surface area contributed by atoms with Gasteiger partial charge in [0.05, 0.1) is 23.4 Å². The topological polar surface area (TPSA) is 67.9 Å². The van der Waals surface area contributed by atoms with Gasteiger partial charge >= 0.3 is 0 Å². The Morgan fingerprint density at radius 1 is 1.03 bits per heavy atom. The lowest BCUT2D eigenvalue weighted by Crippen LogP contribution is -2.25. The summed E-state index contributed by atoms with van der Waals surface area (Å²) >= 11 is 0. The van der Waals surface area contributed by atoms with E-state index in [9.17, 15) is 9.59 Å². The zero-order chi connectivity index (χ0) is 20.4. The first kappa shape index (κ1) is 18.6. The standard InChI is InChI=1S/C23H20N2O4/c1-3-28-19-10-6-4-8-16(19)22(26)24-15-12-13-20-17(14-15)23(27)25(2)18-9-5-7-11-21(18)29-20/h4-14H,3H2,1-2H3,(H,24,26). The number of amides is 2. The van der Waals surface area contributed by atoms with Crippen molar-refractivity contribution in [2.75, 3.05) is 23.9 Å². The second-order valence-corrected chi connectivity index (χ2v) is 6.53. The number of rotatable bonds is 4. The average Bonchev–Trinajstić information content (AvgIpc) is 2.84. The molecule has 6 nitrogen and oxygen atoms in total. The molecule has 29 heavy (non-hydrogen) atoms. The fourth-order valence-electron chi connectivity index (χ4n) is 3.23. The monoisotopic (exact) mass is 388 g/mol. The Bertz CT molecular complexity index is 1090. The SMILES string of the molecule is CCOc1ccccc1C(=O)Nc1ccc2c(c1)C(=O)N(C)c1ccccc1O2. The molecule has 2 amide bonds. The smallest absolute Gasteiger partial charge is 0.261 e. The third kappa shape index (κ3) is 3.52. The normalized spacial score (nSPS) is 12.3. The Morgan fingerprint density at radius 2 is 1.79 bits per heavy atom. The van der Waals surface area contributed by atoms with Crippen molar-refractivity contribution in [3.8, 4) is 17.2 Å². The van der Waals surface area contributed by atoms with Crippen molar-refractivity contribution >= 4 is 23.2 Å². The Kier molecular flexibility index (Phi) is 4.91. The predicted molar refractivity (Wildman–Crippen MR) is 111 cm³/mol. The van der Waals surface area contributed by atoms with E-state index in [0.717, 1.165) is 0 Å². The van der Waals surface area contributed by atoms with Crippen LogP contribution in [0.1, 0.15) is 27.6 Å². The average molecular weight is 388 g/mol. The van der Waals surface area contributed by atoms with Gasteiger partial charge in [-0.25, -0.2) is 0 Å². The van der Waals surface area contributed by atoms with Crippen LogP contribution in [-0.2, 0) is 0 Å². The number of hydrogen-bond donors (Lipinski definition) is 1. The van der Waals surface area contributed by atoms with E-state index in [2.05, 4.69) is 5.32 Å². The van der Waals surface area contributed by atoms with Crippen LogP contribution in [0, 0.1) is 0 Å². The first-order chi connectivity index (χ1) is 14.1. The number of nitrogens with zero attached hydrogens (tertiary/aromatic N) is 1. The lowest BCUT2D eigenvalue weighted by molar-refractivity contribution is 0.0989. The van der Waals surface area contributed by atoms with Gasteiger partial charge in [0.1, 0.15) is 11.5 Å². The summed E-state index contributed by atoms with van der Waals surface area (Å²) in [4.78, 5) is 27.3. The maximum Gasteiger partial charge on any atom is 0.261 e. The van der Waals surface area contributed by atoms with Crippen LogP contribution in [0.25, 0.3) is 0 Å². The molecular formula is C23H20N2O4. The van der Waals surface area contributed by atoms with Crippen LogP contribution >= 0.6 is 0 Å². The Morgan fingerprint density at radius 3 is 2.62 bits per heavy atom. The predicted octanol–water partition coefficient (Wildman–Crippen LogP) is 4.72. The number of para-hydroxylation sites is 3. The minimum Gasteiger partial charge on any atom is -0.493 e. The highest BCUT2D eigenvalue weighted by Crippen LogP contribution is 2.38. The molecule has 0 saturated heterocycles. The molecule has 1 heterocycles. The quantitative estimate of drug-likeness (QED) is 0.702. The van der Waals surface area contributed by atoms with Crippen LogP contribution in [0.3, 0.4) is 0 Å². The highest BCUT2D eigenvalue weighted by Gasteiger charge is 2.26. The molecule has 146 valence electrons. The fraction of sp³-hybridized carbons (Fsp3) is 0.130. The van der Waals surface area contributed by atoms with Crippen molar-refractivity contribution in [1.82, 2.24) is 0 Å². The van der Waals surface area contributed by atoms with Crippen LogP contribution in [-0.4, -0.2) is 25.5 Å². The van der Waals surface area contributed by atoms with Gasteiger partial charge < -0.3 is 19.7 Å². The molecule has 0 aromatic heterocycles. The Balaban J connectivity index is 1.64. The number of carbonyl (C=O) groups excluding carboxylic acids is 2. The van der Waals surface area contributed by atoms with E-state index >= 15 is 0 Å². The lowest BCUT2D eigenvalue weighted by Gasteiger charge is -2.16. The third-order valence-corrected chi connectivity index (χ3v) is 4.65. The molecule has 3 aromatic carbocycles. The van der Waals surface area contributed by atoms with E-state index < -0.39 is 0 Å². The van der Waals surface area contributed by atoms with Gasteiger partial charge in [-0.3, -0.25) is 9.59 Å². The first-order valence-electron chi connectivity index (χ1n) is 9.30. The number of fused-ring (bicyclic) bond motifs is 2. The van der Waals surface area contributed by atoms with Crippen LogP contribution < -0.4 is 19.7 Å². The minimum absolute atomic E-state index is 0.212. The van der Waals surface area contributed by atoms with Gasteiger partial charge in [-0.1, -0.05) is 24.3 Å². The van der Waals surface area contributed by atoms with Gasteiger partial charge in [-0.15, -0.1) is 0 Å². The van der Waals surface area contributed by atoms with Crippen molar-refractivity contribution in [2.45, 2.75) is 6.92 Å². The number of ether oxygens (including phenoxy) is 2. The summed E-state index contributed by atoms with van der Waals surface area (Å²) in [6.07, 6.45) is 0. The third-order valence-electron chi connectivity index (χ3n) is 4.65. The maximum atomic E-state index is 13.0. The van der Waals surface area contributed by atoms with Gasteiger partial charge in [0, 0.05) is 12.7 Å². The maximum absolute atomic E-state index is 13.0.